The number of rotatable bonds is 12. The molecule has 0 radical (unpaired) electrons. The van der Waals surface area contributed by atoms with Crippen molar-refractivity contribution >= 4 is 28.6 Å². The van der Waals surface area contributed by atoms with Crippen LogP contribution in [0.2, 0.25) is 0 Å². The maximum Gasteiger partial charge on any atom is 0.189 e. The van der Waals surface area contributed by atoms with Gasteiger partial charge in [-0.05, 0) is 26.9 Å². The number of carbonyl (C=O) groups is 1. The van der Waals surface area contributed by atoms with E-state index in [0.29, 0.717) is 23.1 Å². The van der Waals surface area contributed by atoms with Gasteiger partial charge in [0.05, 0.1) is 39.5 Å². The van der Waals surface area contributed by atoms with Gasteiger partial charge in [0.15, 0.2) is 5.12 Å². The first-order valence-electron chi connectivity index (χ1n) is 8.16. The smallest absolute Gasteiger partial charge is 0.189 e. The van der Waals surface area contributed by atoms with Gasteiger partial charge < -0.3 is 14.1 Å². The molecule has 0 saturated carbocycles. The molecule has 4 nitrogen and oxygen atoms in total. The highest BCUT2D eigenvalue weighted by Crippen LogP contribution is 2.36. The molecule has 0 aromatic heterocycles. The minimum Gasteiger partial charge on any atom is -0.358 e. The number of ether oxygens (including phenoxy) is 1. The zero-order chi connectivity index (χ0) is 16.6. The molecule has 6 heteroatoms. The highest BCUT2D eigenvalue weighted by molar-refractivity contribution is 8.13. The van der Waals surface area contributed by atoms with Crippen LogP contribution < -0.4 is 0 Å². The molecule has 1 aliphatic heterocycles. The number of quaternary nitrogens is 1. The predicted molar refractivity (Wildman–Crippen MR) is 98.5 cm³/mol. The molecule has 1 fully saturated rings. The van der Waals surface area contributed by atoms with Gasteiger partial charge in [-0.2, -0.15) is 0 Å². The molecular weight excluding hydrogens is 316 g/mol. The Morgan fingerprint density at radius 1 is 1.18 bits per heavy atom. The van der Waals surface area contributed by atoms with E-state index in [9.17, 15) is 4.79 Å². The number of thioether (sulfide) groups is 2. The number of hydrogen-bond acceptors (Lipinski definition) is 5. The van der Waals surface area contributed by atoms with Crippen LogP contribution in [0.3, 0.4) is 0 Å². The first-order valence-corrected chi connectivity index (χ1v) is 10.2. The molecule has 22 heavy (non-hydrogen) atoms. The summed E-state index contributed by atoms with van der Waals surface area (Å²) in [5.41, 5.74) is 0.412. The van der Waals surface area contributed by atoms with E-state index in [2.05, 4.69) is 40.1 Å². The normalized spacial score (nSPS) is 21.4. The molecule has 130 valence electrons. The summed E-state index contributed by atoms with van der Waals surface area (Å²) in [5.74, 6) is 2.06. The van der Waals surface area contributed by atoms with Crippen LogP contribution in [0.1, 0.15) is 25.7 Å². The fraction of sp³-hybridized carbons (Fsp3) is 0.938. The van der Waals surface area contributed by atoms with Gasteiger partial charge in [0.2, 0.25) is 0 Å². The summed E-state index contributed by atoms with van der Waals surface area (Å²) in [7, 11) is 10.7. The van der Waals surface area contributed by atoms with E-state index in [1.54, 1.807) is 0 Å². The van der Waals surface area contributed by atoms with Gasteiger partial charge >= 0.3 is 0 Å². The summed E-state index contributed by atoms with van der Waals surface area (Å²) in [6, 6.07) is 0. The largest absolute Gasteiger partial charge is 0.358 e. The SMILES string of the molecule is CN(C)CCSC1OC1CCCCC(=O)SCC[N+](C)(C)C. The molecule has 0 spiro atoms. The molecule has 1 rings (SSSR count). The molecule has 0 amide bonds. The Bertz CT molecular complexity index is 333. The second kappa shape index (κ2) is 10.2. The Balaban J connectivity index is 1.91. The maximum absolute atomic E-state index is 11.8. The summed E-state index contributed by atoms with van der Waals surface area (Å²) in [4.78, 5) is 14.0. The minimum atomic E-state index is 0.349. The van der Waals surface area contributed by atoms with Crippen molar-refractivity contribution in [3.05, 3.63) is 0 Å². The Morgan fingerprint density at radius 2 is 1.91 bits per heavy atom. The predicted octanol–water partition coefficient (Wildman–Crippen LogP) is 2.53. The molecule has 0 bridgehead atoms. The summed E-state index contributed by atoms with van der Waals surface area (Å²) >= 11 is 3.42. The van der Waals surface area contributed by atoms with Crippen molar-refractivity contribution in [3.63, 3.8) is 0 Å². The Labute approximate surface area is 144 Å². The van der Waals surface area contributed by atoms with Crippen LogP contribution in [-0.2, 0) is 9.53 Å². The van der Waals surface area contributed by atoms with Crippen LogP contribution in [0.4, 0.5) is 0 Å². The Hall–Kier alpha value is 0.250. The van der Waals surface area contributed by atoms with Crippen molar-refractivity contribution in [2.45, 2.75) is 37.2 Å². The topological polar surface area (TPSA) is 32.8 Å². The first-order chi connectivity index (χ1) is 10.3. The van der Waals surface area contributed by atoms with E-state index in [0.717, 1.165) is 48.3 Å². The Morgan fingerprint density at radius 3 is 2.55 bits per heavy atom. The third-order valence-electron chi connectivity index (χ3n) is 3.50. The Kier molecular flexibility index (Phi) is 9.40. The zero-order valence-corrected chi connectivity index (χ0v) is 16.5. The quantitative estimate of drug-likeness (QED) is 0.307. The van der Waals surface area contributed by atoms with E-state index >= 15 is 0 Å². The van der Waals surface area contributed by atoms with Crippen molar-refractivity contribution in [1.29, 1.82) is 0 Å². The summed E-state index contributed by atoms with van der Waals surface area (Å²) in [5, 5.41) is 0.349. The second-order valence-corrected chi connectivity index (χ2v) is 9.56. The fourth-order valence-corrected chi connectivity index (χ4v) is 4.38. The number of unbranched alkanes of at least 4 members (excludes halogenated alkanes) is 1. The lowest BCUT2D eigenvalue weighted by molar-refractivity contribution is -0.867. The van der Waals surface area contributed by atoms with Crippen molar-refractivity contribution in [2.24, 2.45) is 0 Å². The molecule has 0 aliphatic carbocycles. The third-order valence-corrected chi connectivity index (χ3v) is 5.58. The van der Waals surface area contributed by atoms with Crippen LogP contribution in [0.25, 0.3) is 0 Å². The van der Waals surface area contributed by atoms with Gasteiger partial charge in [0.1, 0.15) is 5.44 Å². The number of epoxide rings is 1. The van der Waals surface area contributed by atoms with Gasteiger partial charge in [-0.25, -0.2) is 0 Å². The van der Waals surface area contributed by atoms with Crippen LogP contribution in [0.15, 0.2) is 0 Å². The van der Waals surface area contributed by atoms with Gasteiger partial charge in [0.25, 0.3) is 0 Å². The summed E-state index contributed by atoms with van der Waals surface area (Å²) < 4.78 is 6.58. The molecule has 1 aliphatic rings. The molecule has 1 saturated heterocycles. The van der Waals surface area contributed by atoms with Crippen molar-refractivity contribution in [3.8, 4) is 0 Å². The van der Waals surface area contributed by atoms with E-state index in [1.807, 2.05) is 11.8 Å². The fourth-order valence-electron chi connectivity index (χ4n) is 1.95. The van der Waals surface area contributed by atoms with Crippen LogP contribution in [0.5, 0.6) is 0 Å². The maximum atomic E-state index is 11.8. The van der Waals surface area contributed by atoms with Gasteiger partial charge in [-0.3, -0.25) is 4.79 Å². The van der Waals surface area contributed by atoms with E-state index in [1.165, 1.54) is 11.8 Å². The first kappa shape index (κ1) is 20.3. The van der Waals surface area contributed by atoms with Crippen molar-refractivity contribution < 1.29 is 14.0 Å². The summed E-state index contributed by atoms with van der Waals surface area (Å²) in [6.45, 7) is 2.15. The highest BCUT2D eigenvalue weighted by atomic mass is 32.2. The van der Waals surface area contributed by atoms with E-state index in [-0.39, 0.29) is 0 Å². The van der Waals surface area contributed by atoms with Crippen molar-refractivity contribution in [2.75, 3.05) is 59.8 Å². The van der Waals surface area contributed by atoms with Gasteiger partial charge in [-0.1, -0.05) is 18.2 Å². The van der Waals surface area contributed by atoms with Crippen LogP contribution in [-0.4, -0.2) is 85.9 Å². The molecule has 0 aromatic carbocycles. The number of carbonyl (C=O) groups excluding carboxylic acids is 1. The molecule has 2 atom stereocenters. The van der Waals surface area contributed by atoms with Gasteiger partial charge in [-0.15, -0.1) is 11.8 Å². The number of hydrogen-bond donors (Lipinski definition) is 0. The monoisotopic (exact) mass is 349 g/mol. The summed E-state index contributed by atoms with van der Waals surface area (Å²) in [6.07, 6.45) is 4.37. The molecular formula is C16H33N2O2S2+. The lowest BCUT2D eigenvalue weighted by atomic mass is 10.2. The molecule has 0 N–H and O–H groups in total. The highest BCUT2D eigenvalue weighted by Gasteiger charge is 2.38. The second-order valence-electron chi connectivity index (χ2n) is 7.20. The van der Waals surface area contributed by atoms with Gasteiger partial charge in [0, 0.05) is 18.7 Å². The average molecular weight is 350 g/mol. The third kappa shape index (κ3) is 10.9. The van der Waals surface area contributed by atoms with Crippen molar-refractivity contribution in [1.82, 2.24) is 4.90 Å². The molecule has 1 heterocycles. The average Bonchev–Trinajstić information content (AvgIpc) is 3.11. The zero-order valence-electron chi connectivity index (χ0n) is 14.8. The molecule has 2 unspecified atom stereocenters. The lowest BCUT2D eigenvalue weighted by Gasteiger charge is -2.23. The molecule has 0 aromatic rings. The van der Waals surface area contributed by atoms with E-state index in [4.69, 9.17) is 4.74 Å². The number of nitrogens with zero attached hydrogens (tertiary/aromatic N) is 2. The standard InChI is InChI=1S/C16H33N2O2S2/c1-17(2)10-12-22-16-14(20-16)8-6-7-9-15(19)21-13-11-18(3,4)5/h14,16H,6-13H2,1-5H3/q+1. The van der Waals surface area contributed by atoms with Crippen LogP contribution in [0, 0.1) is 0 Å². The van der Waals surface area contributed by atoms with E-state index < -0.39 is 0 Å². The lowest BCUT2D eigenvalue weighted by Crippen LogP contribution is -2.36. The van der Waals surface area contributed by atoms with Crippen LogP contribution >= 0.6 is 23.5 Å². The minimum absolute atomic E-state index is 0.349.